The van der Waals surface area contributed by atoms with Crippen molar-refractivity contribution < 1.29 is 13.6 Å². The first-order valence-electron chi connectivity index (χ1n) is 9.02. The summed E-state index contributed by atoms with van der Waals surface area (Å²) >= 11 is 1.58. The number of furan rings is 1. The number of H-pyrrole nitrogens is 1. The number of rotatable bonds is 4. The van der Waals surface area contributed by atoms with E-state index in [0.717, 1.165) is 18.4 Å². The van der Waals surface area contributed by atoms with E-state index in [1.165, 1.54) is 0 Å². The van der Waals surface area contributed by atoms with E-state index in [-0.39, 0.29) is 11.8 Å². The van der Waals surface area contributed by atoms with Gasteiger partial charge in [0.15, 0.2) is 11.5 Å². The monoisotopic (exact) mass is 395 g/mol. The van der Waals surface area contributed by atoms with Gasteiger partial charge in [0, 0.05) is 30.1 Å². The van der Waals surface area contributed by atoms with Crippen molar-refractivity contribution in [1.29, 1.82) is 0 Å². The number of hydrogen-bond donors (Lipinski definition) is 1. The molecular formula is C19H17N5O3S. The van der Waals surface area contributed by atoms with Crippen LogP contribution in [0.3, 0.4) is 0 Å². The summed E-state index contributed by atoms with van der Waals surface area (Å²) in [6.07, 6.45) is 3.37. The highest BCUT2D eigenvalue weighted by molar-refractivity contribution is 7.08. The highest BCUT2D eigenvalue weighted by Crippen LogP contribution is 2.30. The molecule has 1 aliphatic rings. The van der Waals surface area contributed by atoms with Crippen LogP contribution in [0.2, 0.25) is 0 Å². The third-order valence-corrected chi connectivity index (χ3v) is 5.53. The van der Waals surface area contributed by atoms with Crippen LogP contribution in [0.4, 0.5) is 0 Å². The van der Waals surface area contributed by atoms with Gasteiger partial charge in [0.25, 0.3) is 5.91 Å². The molecule has 4 aromatic heterocycles. The number of nitrogens with one attached hydrogen (secondary N) is 1. The molecule has 1 atom stereocenters. The molecule has 5 rings (SSSR count). The van der Waals surface area contributed by atoms with Crippen LogP contribution in [0, 0.1) is 0 Å². The number of carbonyl (C=O) groups excluding carboxylic acids is 1. The van der Waals surface area contributed by atoms with Gasteiger partial charge in [0.2, 0.25) is 11.8 Å². The number of amides is 1. The summed E-state index contributed by atoms with van der Waals surface area (Å²) in [7, 11) is 0. The first-order chi connectivity index (χ1) is 13.8. The fraction of sp³-hybridized carbons (Fsp3) is 0.263. The molecule has 0 saturated carbocycles. The first kappa shape index (κ1) is 16.9. The van der Waals surface area contributed by atoms with Crippen LogP contribution in [-0.2, 0) is 0 Å². The minimum Gasteiger partial charge on any atom is -0.463 e. The zero-order valence-electron chi connectivity index (χ0n) is 14.9. The third kappa shape index (κ3) is 3.13. The van der Waals surface area contributed by atoms with Crippen LogP contribution < -0.4 is 0 Å². The van der Waals surface area contributed by atoms with E-state index in [2.05, 4.69) is 20.4 Å². The Kier molecular flexibility index (Phi) is 4.28. The number of thiophene rings is 1. The molecule has 1 fully saturated rings. The van der Waals surface area contributed by atoms with Gasteiger partial charge in [-0.2, -0.15) is 16.4 Å². The highest BCUT2D eigenvalue weighted by atomic mass is 32.1. The molecular weight excluding hydrogens is 378 g/mol. The summed E-state index contributed by atoms with van der Waals surface area (Å²) in [6, 6.07) is 7.28. The smallest absolute Gasteiger partial charge is 0.274 e. The third-order valence-electron chi connectivity index (χ3n) is 4.85. The van der Waals surface area contributed by atoms with Crippen LogP contribution in [0.15, 0.2) is 50.1 Å². The molecule has 142 valence electrons. The summed E-state index contributed by atoms with van der Waals surface area (Å²) in [6.45, 7) is 1.22. The Morgan fingerprint density at radius 3 is 3.11 bits per heavy atom. The van der Waals surface area contributed by atoms with Gasteiger partial charge in [-0.05, 0) is 36.4 Å². The average Bonchev–Trinajstić information content (AvgIpc) is 3.52. The zero-order chi connectivity index (χ0) is 18.9. The number of aromatic amines is 1. The van der Waals surface area contributed by atoms with Crippen molar-refractivity contribution in [1.82, 2.24) is 25.3 Å². The Labute approximate surface area is 164 Å². The Morgan fingerprint density at radius 2 is 2.29 bits per heavy atom. The van der Waals surface area contributed by atoms with E-state index >= 15 is 0 Å². The number of nitrogens with zero attached hydrogens (tertiary/aromatic N) is 4. The Hall–Kier alpha value is -3.20. The van der Waals surface area contributed by atoms with Gasteiger partial charge < -0.3 is 13.7 Å². The number of piperidine rings is 1. The molecule has 0 bridgehead atoms. The lowest BCUT2D eigenvalue weighted by Gasteiger charge is -2.30. The Balaban J connectivity index is 1.31. The van der Waals surface area contributed by atoms with Gasteiger partial charge in [-0.15, -0.1) is 10.2 Å². The van der Waals surface area contributed by atoms with Gasteiger partial charge in [-0.3, -0.25) is 9.89 Å². The van der Waals surface area contributed by atoms with E-state index in [4.69, 9.17) is 8.83 Å². The first-order valence-corrected chi connectivity index (χ1v) is 9.97. The molecule has 28 heavy (non-hydrogen) atoms. The van der Waals surface area contributed by atoms with Gasteiger partial charge in [-0.25, -0.2) is 0 Å². The van der Waals surface area contributed by atoms with Gasteiger partial charge >= 0.3 is 0 Å². The molecule has 1 unspecified atom stereocenters. The summed E-state index contributed by atoms with van der Waals surface area (Å²) in [4.78, 5) is 14.7. The second kappa shape index (κ2) is 7.08. The van der Waals surface area contributed by atoms with E-state index in [1.54, 1.807) is 34.6 Å². The zero-order valence-corrected chi connectivity index (χ0v) is 15.7. The molecule has 1 saturated heterocycles. The lowest BCUT2D eigenvalue weighted by atomic mass is 9.98. The summed E-state index contributed by atoms with van der Waals surface area (Å²) in [5.74, 6) is 1.67. The number of likely N-dealkylation sites (tertiary alicyclic amines) is 1. The molecule has 8 nitrogen and oxygen atoms in total. The molecule has 0 aliphatic carbocycles. The van der Waals surface area contributed by atoms with Gasteiger partial charge in [-0.1, -0.05) is 0 Å². The van der Waals surface area contributed by atoms with Crippen LogP contribution in [0.25, 0.3) is 22.9 Å². The summed E-state index contributed by atoms with van der Waals surface area (Å²) in [5, 5.41) is 19.3. The van der Waals surface area contributed by atoms with E-state index in [9.17, 15) is 4.79 Å². The second-order valence-corrected chi connectivity index (χ2v) is 7.47. The molecule has 4 aromatic rings. The molecule has 1 N–H and O–H groups in total. The molecule has 9 heteroatoms. The molecule has 0 aromatic carbocycles. The van der Waals surface area contributed by atoms with E-state index in [1.807, 2.05) is 22.9 Å². The van der Waals surface area contributed by atoms with Crippen molar-refractivity contribution in [3.05, 3.63) is 52.9 Å². The van der Waals surface area contributed by atoms with Crippen molar-refractivity contribution in [3.63, 3.8) is 0 Å². The largest absolute Gasteiger partial charge is 0.463 e. The highest BCUT2D eigenvalue weighted by Gasteiger charge is 2.30. The average molecular weight is 395 g/mol. The fourth-order valence-electron chi connectivity index (χ4n) is 3.42. The summed E-state index contributed by atoms with van der Waals surface area (Å²) < 4.78 is 11.2. The lowest BCUT2D eigenvalue weighted by molar-refractivity contribution is 0.0692. The quantitative estimate of drug-likeness (QED) is 0.564. The predicted octanol–water partition coefficient (Wildman–Crippen LogP) is 3.80. The van der Waals surface area contributed by atoms with Crippen molar-refractivity contribution in [2.24, 2.45) is 0 Å². The molecule has 1 amide bonds. The van der Waals surface area contributed by atoms with Crippen molar-refractivity contribution in [2.75, 3.05) is 13.1 Å². The van der Waals surface area contributed by atoms with Gasteiger partial charge in [0.05, 0.1) is 12.2 Å². The topological polar surface area (TPSA) is 101 Å². The maximum absolute atomic E-state index is 12.9. The standard InChI is InChI=1S/C19H17N5O3S/c25-19(15-9-14(20-21-15)16-4-2-7-26-16)24-6-1-3-12(10-24)17-22-23-18(27-17)13-5-8-28-11-13/h2,4-5,7-9,11-12H,1,3,6,10H2,(H,20,21). The number of aromatic nitrogens is 4. The molecule has 0 radical (unpaired) electrons. The Morgan fingerprint density at radius 1 is 1.32 bits per heavy atom. The van der Waals surface area contributed by atoms with Crippen LogP contribution >= 0.6 is 11.3 Å². The summed E-state index contributed by atoms with van der Waals surface area (Å²) in [5.41, 5.74) is 1.98. The SMILES string of the molecule is O=C(c1cc(-c2ccco2)[nH]n1)N1CCCC(c2nnc(-c3ccsc3)o2)C1. The van der Waals surface area contributed by atoms with Crippen molar-refractivity contribution in [2.45, 2.75) is 18.8 Å². The van der Waals surface area contributed by atoms with Crippen molar-refractivity contribution >= 4 is 17.2 Å². The minimum absolute atomic E-state index is 0.0288. The van der Waals surface area contributed by atoms with Crippen LogP contribution in [0.5, 0.6) is 0 Å². The normalized spacial score (nSPS) is 17.1. The maximum atomic E-state index is 12.9. The number of hydrogen-bond acceptors (Lipinski definition) is 7. The second-order valence-electron chi connectivity index (χ2n) is 6.69. The van der Waals surface area contributed by atoms with Gasteiger partial charge in [0.1, 0.15) is 5.69 Å². The van der Waals surface area contributed by atoms with Crippen LogP contribution in [0.1, 0.15) is 35.1 Å². The predicted molar refractivity (Wildman–Crippen MR) is 102 cm³/mol. The fourth-order valence-corrected chi connectivity index (χ4v) is 4.05. The maximum Gasteiger partial charge on any atom is 0.274 e. The van der Waals surface area contributed by atoms with Crippen molar-refractivity contribution in [3.8, 4) is 22.9 Å². The molecule has 1 aliphatic heterocycles. The van der Waals surface area contributed by atoms with Crippen LogP contribution in [-0.4, -0.2) is 44.3 Å². The minimum atomic E-state index is -0.115. The molecule has 0 spiro atoms. The lowest BCUT2D eigenvalue weighted by Crippen LogP contribution is -2.39. The Bertz CT molecular complexity index is 1070. The van der Waals surface area contributed by atoms with E-state index < -0.39 is 0 Å². The molecule has 5 heterocycles. The van der Waals surface area contributed by atoms with E-state index in [0.29, 0.717) is 42.0 Å². The number of carbonyl (C=O) groups is 1.